The Labute approximate surface area is 149 Å². The number of nitrogens with zero attached hydrogens (tertiary/aromatic N) is 3. The Hall–Kier alpha value is -3.60. The molecule has 0 bridgehead atoms. The molecule has 0 fully saturated rings. The molecule has 0 aliphatic rings. The molecule has 0 saturated carbocycles. The summed E-state index contributed by atoms with van der Waals surface area (Å²) >= 11 is 0. The molecule has 0 aliphatic carbocycles. The van der Waals surface area contributed by atoms with Gasteiger partial charge in [-0.3, -0.25) is 18.7 Å². The lowest BCUT2D eigenvalue weighted by atomic mass is 10.0. The topological polar surface area (TPSA) is 120 Å². The summed E-state index contributed by atoms with van der Waals surface area (Å²) in [6.07, 6.45) is 1.33. The second-order valence-corrected chi connectivity index (χ2v) is 5.44. The fourth-order valence-electron chi connectivity index (χ4n) is 2.40. The number of rotatable bonds is 5. The number of nitrogen functional groups attached to an aromatic ring is 1. The van der Waals surface area contributed by atoms with Gasteiger partial charge in [0, 0.05) is 19.7 Å². The largest absolute Gasteiger partial charge is 0.493 e. The maximum absolute atomic E-state index is 12.8. The molecule has 0 spiro atoms. The molecular formula is C18H18N4O4. The van der Waals surface area contributed by atoms with Crippen molar-refractivity contribution in [1.82, 2.24) is 9.13 Å². The summed E-state index contributed by atoms with van der Waals surface area (Å²) in [4.78, 5) is 37.0. The summed E-state index contributed by atoms with van der Waals surface area (Å²) in [5.74, 6) is -0.647. The van der Waals surface area contributed by atoms with Gasteiger partial charge in [0.15, 0.2) is 0 Å². The standard InChI is InChI=1S/C18H18N4O4/c1-4-26-13-8-6-5-7-11(13)9-12(10-19)15(23)14-16(20)21(2)18(25)22(3)17(14)24/h5-9H,4,20H2,1-3H3/b12-9+. The van der Waals surface area contributed by atoms with E-state index in [0.717, 1.165) is 9.13 Å². The highest BCUT2D eigenvalue weighted by Crippen LogP contribution is 2.22. The Balaban J connectivity index is 2.65. The number of para-hydroxylation sites is 1. The van der Waals surface area contributed by atoms with Crippen LogP contribution in [0.5, 0.6) is 5.75 Å². The maximum atomic E-state index is 12.8. The average Bonchev–Trinajstić information content (AvgIpc) is 2.64. The minimum absolute atomic E-state index is 0.289. The molecule has 1 aromatic heterocycles. The van der Waals surface area contributed by atoms with E-state index in [1.54, 1.807) is 30.3 Å². The first kappa shape index (κ1) is 18.7. The summed E-state index contributed by atoms with van der Waals surface area (Å²) in [5, 5.41) is 9.42. The minimum Gasteiger partial charge on any atom is -0.493 e. The van der Waals surface area contributed by atoms with E-state index in [4.69, 9.17) is 10.5 Å². The first-order valence-electron chi connectivity index (χ1n) is 7.77. The van der Waals surface area contributed by atoms with Crippen molar-refractivity contribution in [2.45, 2.75) is 6.92 Å². The van der Waals surface area contributed by atoms with E-state index in [1.807, 2.05) is 6.92 Å². The van der Waals surface area contributed by atoms with Gasteiger partial charge < -0.3 is 10.5 Å². The van der Waals surface area contributed by atoms with Crippen LogP contribution in [0.25, 0.3) is 6.08 Å². The van der Waals surface area contributed by atoms with E-state index >= 15 is 0 Å². The smallest absolute Gasteiger partial charge is 0.332 e. The number of Topliss-reactive ketones (excluding diaryl/α,β-unsaturated/α-hetero) is 1. The monoisotopic (exact) mass is 354 g/mol. The number of benzene rings is 1. The van der Waals surface area contributed by atoms with Gasteiger partial charge in [-0.15, -0.1) is 0 Å². The lowest BCUT2D eigenvalue weighted by molar-refractivity contribution is 0.103. The SMILES string of the molecule is CCOc1ccccc1/C=C(\C#N)C(=O)c1c(N)n(C)c(=O)n(C)c1=O. The lowest BCUT2D eigenvalue weighted by Crippen LogP contribution is -2.41. The molecule has 1 aromatic carbocycles. The van der Waals surface area contributed by atoms with E-state index in [0.29, 0.717) is 17.9 Å². The van der Waals surface area contributed by atoms with Crippen LogP contribution in [-0.4, -0.2) is 21.5 Å². The predicted molar refractivity (Wildman–Crippen MR) is 96.9 cm³/mol. The van der Waals surface area contributed by atoms with Crippen molar-refractivity contribution in [3.05, 3.63) is 61.8 Å². The summed E-state index contributed by atoms with van der Waals surface area (Å²) < 4.78 is 7.22. The van der Waals surface area contributed by atoms with Crippen LogP contribution in [0.1, 0.15) is 22.8 Å². The van der Waals surface area contributed by atoms with Gasteiger partial charge >= 0.3 is 5.69 Å². The highest BCUT2D eigenvalue weighted by molar-refractivity contribution is 6.16. The minimum atomic E-state index is -0.854. The number of carbonyl (C=O) groups excluding carboxylic acids is 1. The number of nitrogens with two attached hydrogens (primary N) is 1. The Morgan fingerprint density at radius 1 is 1.27 bits per heavy atom. The summed E-state index contributed by atoms with van der Waals surface area (Å²) in [7, 11) is 2.58. The van der Waals surface area contributed by atoms with Crippen LogP contribution in [0.15, 0.2) is 39.4 Å². The van der Waals surface area contributed by atoms with Gasteiger partial charge in [-0.1, -0.05) is 18.2 Å². The number of hydrogen-bond donors (Lipinski definition) is 1. The van der Waals surface area contributed by atoms with Crippen molar-refractivity contribution in [3.8, 4) is 11.8 Å². The molecule has 0 saturated heterocycles. The van der Waals surface area contributed by atoms with E-state index in [2.05, 4.69) is 0 Å². The van der Waals surface area contributed by atoms with Crippen LogP contribution in [0.4, 0.5) is 5.82 Å². The first-order valence-corrected chi connectivity index (χ1v) is 7.77. The zero-order chi connectivity index (χ0) is 19.4. The van der Waals surface area contributed by atoms with Gasteiger partial charge in [0.05, 0.1) is 6.61 Å². The van der Waals surface area contributed by atoms with Gasteiger partial charge in [0.2, 0.25) is 5.78 Å². The van der Waals surface area contributed by atoms with Crippen LogP contribution in [0.2, 0.25) is 0 Å². The van der Waals surface area contributed by atoms with Crippen LogP contribution in [-0.2, 0) is 14.1 Å². The van der Waals surface area contributed by atoms with Crippen molar-refractivity contribution in [2.24, 2.45) is 14.1 Å². The molecule has 0 radical (unpaired) electrons. The first-order chi connectivity index (χ1) is 12.3. The van der Waals surface area contributed by atoms with Crippen LogP contribution < -0.4 is 21.7 Å². The van der Waals surface area contributed by atoms with Crippen molar-refractivity contribution in [2.75, 3.05) is 12.3 Å². The molecule has 0 unspecified atom stereocenters. The number of carbonyl (C=O) groups is 1. The van der Waals surface area contributed by atoms with E-state index < -0.39 is 22.6 Å². The second-order valence-electron chi connectivity index (χ2n) is 5.44. The highest BCUT2D eigenvalue weighted by Gasteiger charge is 2.23. The van der Waals surface area contributed by atoms with Crippen molar-refractivity contribution >= 4 is 17.7 Å². The fourth-order valence-corrected chi connectivity index (χ4v) is 2.40. The van der Waals surface area contributed by atoms with Crippen LogP contribution in [0.3, 0.4) is 0 Å². The number of aromatic nitrogens is 2. The predicted octanol–water partition coefficient (Wildman–Crippen LogP) is 0.855. The molecular weight excluding hydrogens is 336 g/mol. The molecule has 2 N–H and O–H groups in total. The summed E-state index contributed by atoms with van der Waals surface area (Å²) in [6.45, 7) is 2.22. The number of anilines is 1. The normalized spacial score (nSPS) is 11.1. The second kappa shape index (κ2) is 7.53. The summed E-state index contributed by atoms with van der Waals surface area (Å²) in [5.41, 5.74) is 4.08. The Morgan fingerprint density at radius 2 is 1.92 bits per heavy atom. The molecule has 0 amide bonds. The van der Waals surface area contributed by atoms with Crippen LogP contribution >= 0.6 is 0 Å². The van der Waals surface area contributed by atoms with Crippen molar-refractivity contribution in [3.63, 3.8) is 0 Å². The zero-order valence-corrected chi connectivity index (χ0v) is 14.6. The Morgan fingerprint density at radius 3 is 2.54 bits per heavy atom. The number of ketones is 1. The molecule has 134 valence electrons. The molecule has 0 aliphatic heterocycles. The third-order valence-corrected chi connectivity index (χ3v) is 3.82. The van der Waals surface area contributed by atoms with E-state index in [1.165, 1.54) is 20.2 Å². The number of allylic oxidation sites excluding steroid dienone is 1. The fraction of sp³-hybridized carbons (Fsp3) is 0.222. The van der Waals surface area contributed by atoms with Crippen molar-refractivity contribution < 1.29 is 9.53 Å². The number of nitriles is 1. The quantitative estimate of drug-likeness (QED) is 0.483. The van der Waals surface area contributed by atoms with Gasteiger partial charge in [0.1, 0.15) is 28.8 Å². The molecule has 8 nitrogen and oxygen atoms in total. The Kier molecular flexibility index (Phi) is 5.42. The molecule has 8 heteroatoms. The summed E-state index contributed by atoms with van der Waals surface area (Å²) in [6, 6.07) is 8.66. The lowest BCUT2D eigenvalue weighted by Gasteiger charge is -2.11. The molecule has 2 rings (SSSR count). The molecule has 0 atom stereocenters. The van der Waals surface area contributed by atoms with Gasteiger partial charge in [-0.2, -0.15) is 5.26 Å². The molecule has 1 heterocycles. The molecule has 26 heavy (non-hydrogen) atoms. The Bertz CT molecular complexity index is 1050. The van der Waals surface area contributed by atoms with Gasteiger partial charge in [0.25, 0.3) is 5.56 Å². The third kappa shape index (κ3) is 3.28. The average molecular weight is 354 g/mol. The van der Waals surface area contributed by atoms with Gasteiger partial charge in [-0.05, 0) is 19.1 Å². The van der Waals surface area contributed by atoms with Crippen molar-refractivity contribution in [1.29, 1.82) is 5.26 Å². The maximum Gasteiger partial charge on any atom is 0.332 e. The third-order valence-electron chi connectivity index (χ3n) is 3.82. The number of ether oxygens (including phenoxy) is 1. The van der Waals surface area contributed by atoms with E-state index in [9.17, 15) is 19.6 Å². The van der Waals surface area contributed by atoms with Crippen LogP contribution in [0, 0.1) is 11.3 Å². The highest BCUT2D eigenvalue weighted by atomic mass is 16.5. The molecule has 2 aromatic rings. The van der Waals surface area contributed by atoms with Gasteiger partial charge in [-0.25, -0.2) is 4.79 Å². The number of hydrogen-bond acceptors (Lipinski definition) is 6. The van der Waals surface area contributed by atoms with E-state index in [-0.39, 0.29) is 11.4 Å². The zero-order valence-electron chi connectivity index (χ0n) is 14.6.